The predicted molar refractivity (Wildman–Crippen MR) is 63.8 cm³/mol. The standard InChI is InChI=1S/C12H15N3O/c1-15-8-14-11(12(15)13)10-5-3-9(4-6-10)7-16-2/h3-6,8H,7,13H2,1-2H3. The van der Waals surface area contributed by atoms with Crippen molar-refractivity contribution in [1.82, 2.24) is 9.55 Å². The van der Waals surface area contributed by atoms with Gasteiger partial charge in [-0.2, -0.15) is 0 Å². The Morgan fingerprint density at radius 1 is 1.31 bits per heavy atom. The molecule has 0 spiro atoms. The molecule has 4 nitrogen and oxygen atoms in total. The summed E-state index contributed by atoms with van der Waals surface area (Å²) in [5.74, 6) is 0.680. The Morgan fingerprint density at radius 3 is 2.50 bits per heavy atom. The van der Waals surface area contributed by atoms with Gasteiger partial charge in [0.15, 0.2) is 0 Å². The van der Waals surface area contributed by atoms with Crippen LogP contribution in [0.3, 0.4) is 0 Å². The van der Waals surface area contributed by atoms with Crippen LogP contribution in [0.25, 0.3) is 11.3 Å². The minimum Gasteiger partial charge on any atom is -0.383 e. The van der Waals surface area contributed by atoms with Crippen LogP contribution in [0.5, 0.6) is 0 Å². The molecule has 0 aliphatic carbocycles. The normalized spacial score (nSPS) is 10.6. The van der Waals surface area contributed by atoms with E-state index in [0.717, 1.165) is 16.8 Å². The Hall–Kier alpha value is -1.81. The zero-order valence-electron chi connectivity index (χ0n) is 9.47. The Balaban J connectivity index is 2.31. The average molecular weight is 217 g/mol. The molecule has 0 saturated carbocycles. The molecule has 84 valence electrons. The molecule has 0 unspecified atom stereocenters. The molecule has 0 bridgehead atoms. The summed E-state index contributed by atoms with van der Waals surface area (Å²) in [5.41, 5.74) is 8.90. The van der Waals surface area contributed by atoms with Crippen LogP contribution < -0.4 is 5.73 Å². The fourth-order valence-corrected chi connectivity index (χ4v) is 1.59. The van der Waals surface area contributed by atoms with Crippen molar-refractivity contribution in [2.45, 2.75) is 6.61 Å². The van der Waals surface area contributed by atoms with Gasteiger partial charge in [0.1, 0.15) is 11.5 Å². The summed E-state index contributed by atoms with van der Waals surface area (Å²) < 4.78 is 6.86. The number of hydrogen-bond donors (Lipinski definition) is 1. The minimum absolute atomic E-state index is 0.623. The van der Waals surface area contributed by atoms with Crippen LogP contribution in [-0.4, -0.2) is 16.7 Å². The maximum absolute atomic E-state index is 5.91. The molecule has 0 radical (unpaired) electrons. The smallest absolute Gasteiger partial charge is 0.131 e. The van der Waals surface area contributed by atoms with Crippen molar-refractivity contribution in [2.75, 3.05) is 12.8 Å². The molecule has 4 heteroatoms. The first-order chi connectivity index (χ1) is 7.72. The Labute approximate surface area is 94.7 Å². The summed E-state index contributed by atoms with van der Waals surface area (Å²) in [6, 6.07) is 8.06. The van der Waals surface area contributed by atoms with Gasteiger partial charge >= 0.3 is 0 Å². The molecule has 0 aliphatic rings. The van der Waals surface area contributed by atoms with Gasteiger partial charge in [-0.25, -0.2) is 4.98 Å². The molecule has 2 aromatic rings. The van der Waals surface area contributed by atoms with Crippen molar-refractivity contribution in [3.63, 3.8) is 0 Å². The highest BCUT2D eigenvalue weighted by atomic mass is 16.5. The highest BCUT2D eigenvalue weighted by Gasteiger charge is 2.07. The van der Waals surface area contributed by atoms with E-state index in [0.29, 0.717) is 12.4 Å². The Kier molecular flexibility index (Phi) is 2.92. The van der Waals surface area contributed by atoms with E-state index in [-0.39, 0.29) is 0 Å². The molecule has 1 aromatic heterocycles. The van der Waals surface area contributed by atoms with E-state index in [9.17, 15) is 0 Å². The highest BCUT2D eigenvalue weighted by molar-refractivity contribution is 5.70. The lowest BCUT2D eigenvalue weighted by atomic mass is 10.1. The number of nitrogens with two attached hydrogens (primary N) is 1. The third-order valence-electron chi connectivity index (χ3n) is 2.52. The molecule has 0 saturated heterocycles. The molecule has 0 aliphatic heterocycles. The van der Waals surface area contributed by atoms with Crippen molar-refractivity contribution >= 4 is 5.82 Å². The van der Waals surface area contributed by atoms with E-state index in [1.165, 1.54) is 0 Å². The van der Waals surface area contributed by atoms with Crippen molar-refractivity contribution in [2.24, 2.45) is 7.05 Å². The van der Waals surface area contributed by atoms with Gasteiger partial charge in [-0.1, -0.05) is 24.3 Å². The van der Waals surface area contributed by atoms with Gasteiger partial charge in [-0.05, 0) is 5.56 Å². The SMILES string of the molecule is COCc1ccc(-c2ncn(C)c2N)cc1. The molecular weight excluding hydrogens is 202 g/mol. The van der Waals surface area contributed by atoms with E-state index in [2.05, 4.69) is 4.98 Å². The van der Waals surface area contributed by atoms with Gasteiger partial charge in [0.2, 0.25) is 0 Å². The summed E-state index contributed by atoms with van der Waals surface area (Å²) in [7, 11) is 3.57. The fraction of sp³-hybridized carbons (Fsp3) is 0.250. The Morgan fingerprint density at radius 2 is 2.00 bits per heavy atom. The van der Waals surface area contributed by atoms with Crippen LogP contribution in [0, 0.1) is 0 Å². The number of anilines is 1. The van der Waals surface area contributed by atoms with Crippen LogP contribution in [0.2, 0.25) is 0 Å². The van der Waals surface area contributed by atoms with Crippen LogP contribution in [0.15, 0.2) is 30.6 Å². The molecule has 16 heavy (non-hydrogen) atoms. The van der Waals surface area contributed by atoms with Crippen molar-refractivity contribution in [1.29, 1.82) is 0 Å². The number of ether oxygens (including phenoxy) is 1. The van der Waals surface area contributed by atoms with E-state index >= 15 is 0 Å². The second kappa shape index (κ2) is 4.37. The zero-order valence-corrected chi connectivity index (χ0v) is 9.47. The first-order valence-electron chi connectivity index (χ1n) is 5.07. The minimum atomic E-state index is 0.623. The number of nitrogens with zero attached hydrogens (tertiary/aromatic N) is 2. The van der Waals surface area contributed by atoms with Crippen LogP contribution in [0.4, 0.5) is 5.82 Å². The van der Waals surface area contributed by atoms with Crippen LogP contribution in [-0.2, 0) is 18.4 Å². The number of aryl methyl sites for hydroxylation is 1. The number of rotatable bonds is 3. The van der Waals surface area contributed by atoms with Crippen molar-refractivity contribution < 1.29 is 4.74 Å². The van der Waals surface area contributed by atoms with E-state index in [1.807, 2.05) is 31.3 Å². The molecule has 1 aromatic carbocycles. The van der Waals surface area contributed by atoms with E-state index in [1.54, 1.807) is 18.0 Å². The first-order valence-corrected chi connectivity index (χ1v) is 5.07. The number of benzene rings is 1. The van der Waals surface area contributed by atoms with Gasteiger partial charge < -0.3 is 15.0 Å². The number of nitrogen functional groups attached to an aromatic ring is 1. The van der Waals surface area contributed by atoms with Crippen molar-refractivity contribution in [3.8, 4) is 11.3 Å². The fourth-order valence-electron chi connectivity index (χ4n) is 1.59. The lowest BCUT2D eigenvalue weighted by Gasteiger charge is -2.03. The number of aromatic nitrogens is 2. The summed E-state index contributed by atoms with van der Waals surface area (Å²) in [4.78, 5) is 4.27. The van der Waals surface area contributed by atoms with Gasteiger partial charge in [0.25, 0.3) is 0 Å². The van der Waals surface area contributed by atoms with E-state index in [4.69, 9.17) is 10.5 Å². The number of methoxy groups -OCH3 is 1. The van der Waals surface area contributed by atoms with Crippen LogP contribution in [0.1, 0.15) is 5.56 Å². The zero-order chi connectivity index (χ0) is 11.5. The molecule has 0 amide bonds. The van der Waals surface area contributed by atoms with Crippen LogP contribution >= 0.6 is 0 Å². The average Bonchev–Trinajstić information content (AvgIpc) is 2.62. The number of imidazole rings is 1. The summed E-state index contributed by atoms with van der Waals surface area (Å²) in [6.45, 7) is 0.623. The van der Waals surface area contributed by atoms with Gasteiger partial charge in [0.05, 0.1) is 12.9 Å². The van der Waals surface area contributed by atoms with Crippen molar-refractivity contribution in [3.05, 3.63) is 36.2 Å². The Bertz CT molecular complexity index is 474. The molecule has 2 N–H and O–H groups in total. The third kappa shape index (κ3) is 1.92. The quantitative estimate of drug-likeness (QED) is 0.853. The maximum atomic E-state index is 5.91. The monoisotopic (exact) mass is 217 g/mol. The third-order valence-corrected chi connectivity index (χ3v) is 2.52. The van der Waals surface area contributed by atoms with Gasteiger partial charge in [-0.3, -0.25) is 0 Å². The summed E-state index contributed by atoms with van der Waals surface area (Å²) >= 11 is 0. The highest BCUT2D eigenvalue weighted by Crippen LogP contribution is 2.23. The lowest BCUT2D eigenvalue weighted by molar-refractivity contribution is 0.185. The molecule has 0 atom stereocenters. The second-order valence-electron chi connectivity index (χ2n) is 3.72. The molecular formula is C12H15N3O. The maximum Gasteiger partial charge on any atom is 0.131 e. The number of hydrogen-bond acceptors (Lipinski definition) is 3. The summed E-state index contributed by atoms with van der Waals surface area (Å²) in [6.07, 6.45) is 1.72. The van der Waals surface area contributed by atoms with E-state index < -0.39 is 0 Å². The topological polar surface area (TPSA) is 53.1 Å². The molecule has 0 fully saturated rings. The first kappa shape index (κ1) is 10.7. The predicted octanol–water partition coefficient (Wildman–Crippen LogP) is 1.82. The molecule has 2 rings (SSSR count). The lowest BCUT2D eigenvalue weighted by Crippen LogP contribution is -1.96. The second-order valence-corrected chi connectivity index (χ2v) is 3.72. The summed E-state index contributed by atoms with van der Waals surface area (Å²) in [5, 5.41) is 0. The van der Waals surface area contributed by atoms with Gasteiger partial charge in [-0.15, -0.1) is 0 Å². The van der Waals surface area contributed by atoms with Gasteiger partial charge in [0, 0.05) is 19.7 Å². The molecule has 1 heterocycles. The largest absolute Gasteiger partial charge is 0.383 e.